The van der Waals surface area contributed by atoms with Gasteiger partial charge in [-0.05, 0) is 54.1 Å². The van der Waals surface area contributed by atoms with Gasteiger partial charge >= 0.3 is 0 Å². The third kappa shape index (κ3) is 6.07. The molecule has 0 radical (unpaired) electrons. The summed E-state index contributed by atoms with van der Waals surface area (Å²) >= 11 is 0. The molecule has 0 spiro atoms. The molecule has 0 atom stereocenters. The van der Waals surface area contributed by atoms with E-state index in [1.54, 1.807) is 13.3 Å². The summed E-state index contributed by atoms with van der Waals surface area (Å²) in [6, 6.07) is 19.2. The number of methoxy groups -OCH3 is 1. The summed E-state index contributed by atoms with van der Waals surface area (Å²) in [5, 5.41) is 8.89. The van der Waals surface area contributed by atoms with E-state index in [0.717, 1.165) is 51.9 Å². The average molecular weight is 513 g/mol. The summed E-state index contributed by atoms with van der Waals surface area (Å²) in [5.41, 5.74) is 4.11. The van der Waals surface area contributed by atoms with E-state index in [1.807, 2.05) is 70.3 Å². The van der Waals surface area contributed by atoms with Crippen LogP contribution in [-0.4, -0.2) is 46.1 Å². The van der Waals surface area contributed by atoms with E-state index in [9.17, 15) is 0 Å². The number of hydrogen-bond acceptors (Lipinski definition) is 6. The zero-order chi connectivity index (χ0) is 25.8. The molecule has 5 aromatic rings. The Kier molecular flexibility index (Phi) is 7.07. The van der Waals surface area contributed by atoms with E-state index in [2.05, 4.69) is 47.2 Å². The van der Waals surface area contributed by atoms with Crippen molar-refractivity contribution in [3.8, 4) is 22.8 Å². The smallest absolute Gasteiger partial charge is 0.236 e. The highest BCUT2D eigenvalue weighted by Crippen LogP contribution is 2.25. The van der Waals surface area contributed by atoms with Crippen LogP contribution in [-0.2, 0) is 11.5 Å². The van der Waals surface area contributed by atoms with Crippen molar-refractivity contribution in [3.63, 3.8) is 0 Å². The molecule has 0 saturated heterocycles. The fourth-order valence-electron chi connectivity index (χ4n) is 3.97. The molecule has 0 amide bonds. The monoisotopic (exact) mass is 512 g/mol. The summed E-state index contributed by atoms with van der Waals surface area (Å²) < 4.78 is 14.9. The van der Waals surface area contributed by atoms with Gasteiger partial charge < -0.3 is 14.8 Å². The van der Waals surface area contributed by atoms with Gasteiger partial charge in [0.15, 0.2) is 0 Å². The lowest BCUT2D eigenvalue weighted by molar-refractivity contribution is 0.0786. The Balaban J connectivity index is 1.24. The molecular weight excluding hydrogens is 480 g/mol. The van der Waals surface area contributed by atoms with E-state index < -0.39 is 8.07 Å². The second kappa shape index (κ2) is 10.6. The number of ether oxygens (including phenoxy) is 2. The molecule has 5 rings (SSSR count). The first kappa shape index (κ1) is 24.7. The van der Waals surface area contributed by atoms with Gasteiger partial charge in [0, 0.05) is 49.9 Å². The van der Waals surface area contributed by atoms with E-state index in [0.29, 0.717) is 12.7 Å². The largest absolute Gasteiger partial charge is 0.497 e. The van der Waals surface area contributed by atoms with Gasteiger partial charge in [-0.1, -0.05) is 31.8 Å². The van der Waals surface area contributed by atoms with Crippen LogP contribution in [0, 0.1) is 0 Å². The van der Waals surface area contributed by atoms with Crippen LogP contribution in [0.1, 0.15) is 0 Å². The van der Waals surface area contributed by atoms with Gasteiger partial charge in [0.05, 0.1) is 18.8 Å². The van der Waals surface area contributed by atoms with Crippen molar-refractivity contribution in [3.05, 3.63) is 79.4 Å². The van der Waals surface area contributed by atoms with Crippen LogP contribution >= 0.6 is 0 Å². The van der Waals surface area contributed by atoms with Gasteiger partial charge in [0.2, 0.25) is 5.95 Å². The molecule has 2 aromatic carbocycles. The lowest BCUT2D eigenvalue weighted by atomic mass is 10.1. The number of rotatable bonds is 10. The minimum Gasteiger partial charge on any atom is -0.497 e. The predicted octanol–water partition coefficient (Wildman–Crippen LogP) is 6.35. The number of nitrogens with zero attached hydrogens (tertiary/aromatic N) is 5. The molecule has 0 aliphatic heterocycles. The molecule has 0 fully saturated rings. The van der Waals surface area contributed by atoms with E-state index in [1.165, 1.54) is 0 Å². The van der Waals surface area contributed by atoms with Crippen LogP contribution < -0.4 is 10.1 Å². The molecule has 1 N–H and O–H groups in total. The van der Waals surface area contributed by atoms with Crippen LogP contribution in [0.2, 0.25) is 25.7 Å². The normalized spacial score (nSPS) is 11.7. The Bertz CT molecular complexity index is 1490. The Hall–Kier alpha value is -3.95. The van der Waals surface area contributed by atoms with Crippen molar-refractivity contribution < 1.29 is 9.47 Å². The second-order valence-corrected chi connectivity index (χ2v) is 15.8. The van der Waals surface area contributed by atoms with E-state index >= 15 is 0 Å². The van der Waals surface area contributed by atoms with Crippen molar-refractivity contribution in [2.45, 2.75) is 32.4 Å². The lowest BCUT2D eigenvalue weighted by Crippen LogP contribution is -2.22. The van der Waals surface area contributed by atoms with Crippen molar-refractivity contribution in [1.82, 2.24) is 24.3 Å². The van der Waals surface area contributed by atoms with Crippen LogP contribution in [0.4, 0.5) is 11.5 Å². The molecule has 3 heterocycles. The SMILES string of the molecule is COc1ccc2c(ccn2-c2nccc(Nc3ccc(-c4cnn(COCC[Si](C)(C)C)c4)cc3)n2)c1. The Morgan fingerprint density at radius 3 is 2.59 bits per heavy atom. The van der Waals surface area contributed by atoms with Crippen molar-refractivity contribution in [2.75, 3.05) is 19.0 Å². The summed E-state index contributed by atoms with van der Waals surface area (Å²) in [6.07, 6.45) is 7.62. The molecule has 190 valence electrons. The fraction of sp³-hybridized carbons (Fsp3) is 0.250. The maximum Gasteiger partial charge on any atom is 0.236 e. The first-order chi connectivity index (χ1) is 17.9. The minimum absolute atomic E-state index is 0.477. The van der Waals surface area contributed by atoms with Gasteiger partial charge in [0.25, 0.3) is 0 Å². The van der Waals surface area contributed by atoms with Crippen molar-refractivity contribution >= 4 is 30.5 Å². The zero-order valence-corrected chi connectivity index (χ0v) is 22.7. The second-order valence-electron chi connectivity index (χ2n) is 10.2. The molecule has 0 bridgehead atoms. The van der Waals surface area contributed by atoms with E-state index in [4.69, 9.17) is 14.5 Å². The minimum atomic E-state index is -1.08. The molecule has 3 aromatic heterocycles. The summed E-state index contributed by atoms with van der Waals surface area (Å²) in [5.74, 6) is 2.14. The summed E-state index contributed by atoms with van der Waals surface area (Å²) in [7, 11) is 0.586. The highest BCUT2D eigenvalue weighted by atomic mass is 28.3. The molecule has 0 unspecified atom stereocenters. The average Bonchev–Trinajstić information content (AvgIpc) is 3.54. The maximum absolute atomic E-state index is 5.81. The maximum atomic E-state index is 5.81. The quantitative estimate of drug-likeness (QED) is 0.174. The first-order valence-corrected chi connectivity index (χ1v) is 16.0. The Morgan fingerprint density at radius 2 is 1.81 bits per heavy atom. The Morgan fingerprint density at radius 1 is 0.973 bits per heavy atom. The molecule has 9 heteroatoms. The van der Waals surface area contributed by atoms with Crippen molar-refractivity contribution in [2.24, 2.45) is 0 Å². The molecule has 37 heavy (non-hydrogen) atoms. The van der Waals surface area contributed by atoms with Crippen LogP contribution in [0.25, 0.3) is 28.0 Å². The zero-order valence-electron chi connectivity index (χ0n) is 21.7. The summed E-state index contributed by atoms with van der Waals surface area (Å²) in [6.45, 7) is 8.32. The van der Waals surface area contributed by atoms with Crippen LogP contribution in [0.3, 0.4) is 0 Å². The van der Waals surface area contributed by atoms with Gasteiger partial charge in [-0.15, -0.1) is 0 Å². The number of fused-ring (bicyclic) bond motifs is 1. The fourth-order valence-corrected chi connectivity index (χ4v) is 4.73. The summed E-state index contributed by atoms with van der Waals surface area (Å²) in [4.78, 5) is 9.20. The van der Waals surface area contributed by atoms with Crippen LogP contribution in [0.15, 0.2) is 79.4 Å². The topological polar surface area (TPSA) is 79.0 Å². The van der Waals surface area contributed by atoms with Crippen LogP contribution in [0.5, 0.6) is 5.75 Å². The molecule has 0 aliphatic carbocycles. The van der Waals surface area contributed by atoms with Gasteiger partial charge in [-0.3, -0.25) is 4.57 Å². The third-order valence-electron chi connectivity index (χ3n) is 6.10. The number of benzene rings is 2. The molecular formula is C28H32N6O2Si. The number of hydrogen-bond donors (Lipinski definition) is 1. The Labute approximate surface area is 217 Å². The lowest BCUT2D eigenvalue weighted by Gasteiger charge is -2.15. The van der Waals surface area contributed by atoms with E-state index in [-0.39, 0.29) is 0 Å². The molecule has 0 saturated carbocycles. The molecule has 0 aliphatic rings. The number of aromatic nitrogens is 5. The highest BCUT2D eigenvalue weighted by molar-refractivity contribution is 6.76. The van der Waals surface area contributed by atoms with Gasteiger partial charge in [-0.2, -0.15) is 10.1 Å². The van der Waals surface area contributed by atoms with Gasteiger partial charge in [0.1, 0.15) is 18.3 Å². The number of nitrogens with one attached hydrogen (secondary N) is 1. The van der Waals surface area contributed by atoms with Crippen molar-refractivity contribution in [1.29, 1.82) is 0 Å². The number of anilines is 2. The first-order valence-electron chi connectivity index (χ1n) is 12.3. The standard InChI is InChI=1S/C28H32N6O2Si/c1-35-25-9-10-26-22(17-25)12-14-34(26)28-29-13-11-27(32-28)31-24-7-5-21(6-8-24)23-18-30-33(19-23)20-36-15-16-37(2,3)4/h5-14,17-19H,15-16,20H2,1-4H3,(H,29,31,32). The highest BCUT2D eigenvalue weighted by Gasteiger charge is 2.12. The predicted molar refractivity (Wildman–Crippen MR) is 150 cm³/mol. The molecule has 8 nitrogen and oxygen atoms in total. The van der Waals surface area contributed by atoms with Gasteiger partial charge in [-0.25, -0.2) is 9.67 Å². The third-order valence-corrected chi connectivity index (χ3v) is 7.80.